The van der Waals surface area contributed by atoms with Gasteiger partial charge in [-0.3, -0.25) is 0 Å². The molecule has 0 aliphatic heterocycles. The Morgan fingerprint density at radius 3 is 2.67 bits per heavy atom. The molecule has 0 amide bonds. The number of hydrogen-bond donors (Lipinski definition) is 1. The summed E-state index contributed by atoms with van der Waals surface area (Å²) in [7, 11) is 1.58. The average Bonchev–Trinajstić information content (AvgIpc) is 2.35. The van der Waals surface area contributed by atoms with Gasteiger partial charge in [0.2, 0.25) is 0 Å². The van der Waals surface area contributed by atoms with Gasteiger partial charge in [-0.2, -0.15) is 0 Å². The number of nitrogens with two attached hydrogens (primary N) is 1. The third-order valence-corrected chi connectivity index (χ3v) is 4.11. The molecule has 18 heavy (non-hydrogen) atoms. The van der Waals surface area contributed by atoms with Gasteiger partial charge >= 0.3 is 0 Å². The molecule has 0 aliphatic carbocycles. The first kappa shape index (κ1) is 13.4. The Kier molecular flexibility index (Phi) is 3.91. The second-order valence-electron chi connectivity index (χ2n) is 3.65. The first-order valence-corrected chi connectivity index (χ1v) is 6.62. The number of aromatic nitrogens is 2. The highest BCUT2D eigenvalue weighted by atomic mass is 127. The van der Waals surface area contributed by atoms with E-state index in [2.05, 4.69) is 32.6 Å². The Hall–Kier alpha value is -1.08. The molecule has 0 saturated carbocycles. The van der Waals surface area contributed by atoms with E-state index in [1.807, 2.05) is 19.1 Å². The fourth-order valence-corrected chi connectivity index (χ4v) is 2.08. The van der Waals surface area contributed by atoms with Gasteiger partial charge in [0.05, 0.1) is 27.0 Å². The van der Waals surface area contributed by atoms with Crippen molar-refractivity contribution in [1.29, 1.82) is 0 Å². The molecule has 2 rings (SSSR count). The third kappa shape index (κ3) is 2.37. The van der Waals surface area contributed by atoms with Crippen molar-refractivity contribution in [2.75, 3.05) is 12.8 Å². The molecule has 0 fully saturated rings. The summed E-state index contributed by atoms with van der Waals surface area (Å²) in [5, 5.41) is 0.536. The second kappa shape index (κ2) is 5.27. The largest absolute Gasteiger partial charge is 0.496 e. The predicted octanol–water partition coefficient (Wildman–Crippen LogP) is 3.30. The molecule has 1 heterocycles. The number of anilines is 1. The van der Waals surface area contributed by atoms with E-state index in [4.69, 9.17) is 22.1 Å². The molecule has 94 valence electrons. The van der Waals surface area contributed by atoms with Crippen LogP contribution in [0.3, 0.4) is 0 Å². The van der Waals surface area contributed by atoms with E-state index >= 15 is 0 Å². The van der Waals surface area contributed by atoms with Crippen molar-refractivity contribution in [3.8, 4) is 17.1 Å². The zero-order valence-electron chi connectivity index (χ0n) is 9.87. The van der Waals surface area contributed by atoms with E-state index in [-0.39, 0.29) is 0 Å². The molecule has 0 saturated heterocycles. The zero-order valence-corrected chi connectivity index (χ0v) is 12.8. The van der Waals surface area contributed by atoms with Crippen LogP contribution in [0.5, 0.6) is 5.75 Å². The minimum atomic E-state index is 0.445. The number of halogens is 2. The molecule has 1 aromatic carbocycles. The van der Waals surface area contributed by atoms with E-state index in [0.29, 0.717) is 28.0 Å². The van der Waals surface area contributed by atoms with E-state index in [0.717, 1.165) is 9.26 Å². The number of ether oxygens (including phenoxy) is 1. The van der Waals surface area contributed by atoms with Gasteiger partial charge < -0.3 is 10.5 Å². The maximum atomic E-state index is 6.18. The Morgan fingerprint density at radius 2 is 2.06 bits per heavy atom. The van der Waals surface area contributed by atoms with Crippen molar-refractivity contribution in [2.24, 2.45) is 0 Å². The molecule has 0 unspecified atom stereocenters. The maximum Gasteiger partial charge on any atom is 0.167 e. The summed E-state index contributed by atoms with van der Waals surface area (Å²) >= 11 is 8.30. The standard InChI is InChI=1S/C12H11ClIN3O/c1-6-10(14)11(15)17-12(16-6)9-7(13)4-3-5-8(9)18-2/h3-5H,1-2H3,(H2,15,16,17). The van der Waals surface area contributed by atoms with Crippen LogP contribution < -0.4 is 10.5 Å². The van der Waals surface area contributed by atoms with Gasteiger partial charge in [0.1, 0.15) is 11.6 Å². The quantitative estimate of drug-likeness (QED) is 0.818. The highest BCUT2D eigenvalue weighted by molar-refractivity contribution is 14.1. The summed E-state index contributed by atoms with van der Waals surface area (Å²) in [4.78, 5) is 8.68. The van der Waals surface area contributed by atoms with Crippen molar-refractivity contribution in [3.05, 3.63) is 32.5 Å². The van der Waals surface area contributed by atoms with Crippen LogP contribution in [-0.4, -0.2) is 17.1 Å². The van der Waals surface area contributed by atoms with Gasteiger partial charge in [0.15, 0.2) is 5.82 Å². The highest BCUT2D eigenvalue weighted by Gasteiger charge is 2.15. The lowest BCUT2D eigenvalue weighted by Crippen LogP contribution is -2.03. The van der Waals surface area contributed by atoms with E-state index in [9.17, 15) is 0 Å². The first-order valence-electron chi connectivity index (χ1n) is 5.17. The minimum absolute atomic E-state index is 0.445. The predicted molar refractivity (Wildman–Crippen MR) is 80.9 cm³/mol. The van der Waals surface area contributed by atoms with Gasteiger partial charge in [0, 0.05) is 0 Å². The van der Waals surface area contributed by atoms with Crippen LogP contribution in [0.4, 0.5) is 5.82 Å². The number of methoxy groups -OCH3 is 1. The van der Waals surface area contributed by atoms with E-state index in [1.54, 1.807) is 13.2 Å². The third-order valence-electron chi connectivity index (χ3n) is 2.46. The minimum Gasteiger partial charge on any atom is -0.496 e. The number of nitrogens with zero attached hydrogens (tertiary/aromatic N) is 2. The Morgan fingerprint density at radius 1 is 1.33 bits per heavy atom. The highest BCUT2D eigenvalue weighted by Crippen LogP contribution is 2.35. The molecule has 2 aromatic rings. The Bertz CT molecular complexity index is 581. The normalized spacial score (nSPS) is 10.4. The topological polar surface area (TPSA) is 61.0 Å². The molecule has 2 N–H and O–H groups in total. The zero-order chi connectivity index (χ0) is 13.3. The van der Waals surface area contributed by atoms with Crippen LogP contribution >= 0.6 is 34.2 Å². The summed E-state index contributed by atoms with van der Waals surface area (Å²) < 4.78 is 6.13. The lowest BCUT2D eigenvalue weighted by atomic mass is 10.2. The van der Waals surface area contributed by atoms with Crippen LogP contribution in [-0.2, 0) is 0 Å². The Balaban J connectivity index is 2.69. The van der Waals surface area contributed by atoms with Crippen molar-refractivity contribution in [2.45, 2.75) is 6.92 Å². The van der Waals surface area contributed by atoms with Gasteiger partial charge in [-0.25, -0.2) is 9.97 Å². The van der Waals surface area contributed by atoms with Crippen LogP contribution in [0.2, 0.25) is 5.02 Å². The van der Waals surface area contributed by atoms with E-state index in [1.165, 1.54) is 0 Å². The molecule has 0 spiro atoms. The SMILES string of the molecule is COc1cccc(Cl)c1-c1nc(C)c(I)c(N)n1. The van der Waals surface area contributed by atoms with Gasteiger partial charge in [0.25, 0.3) is 0 Å². The number of aryl methyl sites for hydroxylation is 1. The molecule has 6 heteroatoms. The molecule has 0 bridgehead atoms. The van der Waals surface area contributed by atoms with Crippen LogP contribution in [0.1, 0.15) is 5.69 Å². The number of nitrogen functional groups attached to an aromatic ring is 1. The maximum absolute atomic E-state index is 6.18. The van der Waals surface area contributed by atoms with Crippen LogP contribution in [0.15, 0.2) is 18.2 Å². The lowest BCUT2D eigenvalue weighted by molar-refractivity contribution is 0.416. The fraction of sp³-hybridized carbons (Fsp3) is 0.167. The second-order valence-corrected chi connectivity index (χ2v) is 5.13. The summed E-state index contributed by atoms with van der Waals surface area (Å²) in [6.45, 7) is 1.88. The molecule has 4 nitrogen and oxygen atoms in total. The van der Waals surface area contributed by atoms with Gasteiger partial charge in [-0.1, -0.05) is 17.7 Å². The molecule has 0 radical (unpaired) electrons. The number of rotatable bonds is 2. The van der Waals surface area contributed by atoms with Crippen LogP contribution in [0, 0.1) is 10.5 Å². The van der Waals surface area contributed by atoms with Crippen LogP contribution in [0.25, 0.3) is 11.4 Å². The summed E-state index contributed by atoms with van der Waals surface area (Å²) in [6, 6.07) is 5.40. The summed E-state index contributed by atoms with van der Waals surface area (Å²) in [5.74, 6) is 1.55. The molecule has 0 atom stereocenters. The first-order chi connectivity index (χ1) is 8.54. The summed E-state index contributed by atoms with van der Waals surface area (Å²) in [5.41, 5.74) is 7.34. The fourth-order valence-electron chi connectivity index (χ4n) is 1.58. The van der Waals surface area contributed by atoms with Crippen molar-refractivity contribution in [1.82, 2.24) is 9.97 Å². The Labute approximate surface area is 124 Å². The average molecular weight is 376 g/mol. The monoisotopic (exact) mass is 375 g/mol. The van der Waals surface area contributed by atoms with Crippen molar-refractivity contribution < 1.29 is 4.74 Å². The summed E-state index contributed by atoms with van der Waals surface area (Å²) in [6.07, 6.45) is 0. The molecule has 1 aromatic heterocycles. The van der Waals surface area contributed by atoms with Crippen molar-refractivity contribution >= 4 is 40.0 Å². The van der Waals surface area contributed by atoms with Crippen molar-refractivity contribution in [3.63, 3.8) is 0 Å². The van der Waals surface area contributed by atoms with E-state index < -0.39 is 0 Å². The molecular formula is C12H11ClIN3O. The smallest absolute Gasteiger partial charge is 0.167 e. The van der Waals surface area contributed by atoms with Gasteiger partial charge in [-0.15, -0.1) is 0 Å². The number of benzene rings is 1. The van der Waals surface area contributed by atoms with Gasteiger partial charge in [-0.05, 0) is 41.6 Å². The molecular weight excluding hydrogens is 365 g/mol. The number of hydrogen-bond acceptors (Lipinski definition) is 4. The molecule has 0 aliphatic rings. The lowest BCUT2D eigenvalue weighted by Gasteiger charge is -2.11.